The van der Waals surface area contributed by atoms with Crippen LogP contribution >= 0.6 is 0 Å². The van der Waals surface area contributed by atoms with Crippen molar-refractivity contribution in [3.63, 3.8) is 0 Å². The molecule has 3 rings (SSSR count). The number of pyridine rings is 1. The molecule has 3 aromatic rings. The number of hydrogen-bond acceptors (Lipinski definition) is 3. The molecule has 6 heteroatoms. The summed E-state index contributed by atoms with van der Waals surface area (Å²) in [6, 6.07) is 17.0. The summed E-state index contributed by atoms with van der Waals surface area (Å²) >= 11 is 0. The Hall–Kier alpha value is -1.91. The Morgan fingerprint density at radius 1 is 0.647 bits per heavy atom. The first-order valence-corrected chi connectivity index (χ1v) is 11.4. The zero-order valence-electron chi connectivity index (χ0n) is 20.6. The minimum atomic E-state index is 0. The van der Waals surface area contributed by atoms with Crippen molar-refractivity contribution in [3.8, 4) is 0 Å². The molecule has 0 saturated carbocycles. The molecule has 0 saturated heterocycles. The van der Waals surface area contributed by atoms with Gasteiger partial charge in [-0.25, -0.2) is 4.98 Å². The molecule has 0 N–H and O–H groups in total. The third kappa shape index (κ3) is 8.10. The van der Waals surface area contributed by atoms with Crippen LogP contribution in [0.25, 0.3) is 0 Å². The number of aromatic nitrogens is 1. The van der Waals surface area contributed by atoms with E-state index in [1.165, 1.54) is 22.3 Å². The maximum atomic E-state index is 4.84. The quantitative estimate of drug-likeness (QED) is 0.401. The molecular formula is C28H33Cl2N3V. The van der Waals surface area contributed by atoms with Gasteiger partial charge in [0.15, 0.2) is 0 Å². The van der Waals surface area contributed by atoms with Crippen molar-refractivity contribution in [2.45, 2.75) is 60.3 Å². The van der Waals surface area contributed by atoms with Crippen molar-refractivity contribution >= 4 is 23.8 Å². The molecule has 0 aliphatic carbocycles. The second kappa shape index (κ2) is 15.9. The number of halogens is 2. The molecule has 1 heterocycles. The van der Waals surface area contributed by atoms with E-state index in [-0.39, 0.29) is 43.4 Å². The summed E-state index contributed by atoms with van der Waals surface area (Å²) in [5.74, 6) is 0. The molecule has 0 aliphatic heterocycles. The van der Waals surface area contributed by atoms with Crippen molar-refractivity contribution < 1.29 is 43.4 Å². The van der Waals surface area contributed by atoms with E-state index >= 15 is 0 Å². The summed E-state index contributed by atoms with van der Waals surface area (Å²) in [6.07, 6.45) is 7.64. The first-order chi connectivity index (χ1) is 15.1. The third-order valence-corrected chi connectivity index (χ3v) is 5.59. The average molecular weight is 533 g/mol. The first-order valence-electron chi connectivity index (χ1n) is 11.4. The first kappa shape index (κ1) is 32.1. The van der Waals surface area contributed by atoms with Gasteiger partial charge in [0.05, 0.1) is 35.2 Å². The Kier molecular flexibility index (Phi) is 15.0. The molecule has 0 atom stereocenters. The van der Waals surface area contributed by atoms with Crippen LogP contribution < -0.4 is 24.8 Å². The Bertz CT molecular complexity index is 983. The number of hydrogen-bond donors (Lipinski definition) is 0. The molecule has 0 spiro atoms. The fraction of sp³-hybridized carbons (Fsp3) is 0.321. The number of benzene rings is 2. The molecule has 2 aromatic carbocycles. The van der Waals surface area contributed by atoms with Gasteiger partial charge in [-0.15, -0.1) is 0 Å². The van der Waals surface area contributed by atoms with Gasteiger partial charge in [0.1, 0.15) is 0 Å². The second-order valence-corrected chi connectivity index (χ2v) is 7.77. The van der Waals surface area contributed by atoms with Gasteiger partial charge in [0.2, 0.25) is 0 Å². The second-order valence-electron chi connectivity index (χ2n) is 7.77. The fourth-order valence-corrected chi connectivity index (χ4v) is 3.88. The van der Waals surface area contributed by atoms with E-state index in [9.17, 15) is 0 Å². The Balaban J connectivity index is 0.00000363. The van der Waals surface area contributed by atoms with Crippen LogP contribution in [0.1, 0.15) is 66.9 Å². The number of para-hydroxylation sites is 2. The van der Waals surface area contributed by atoms with Crippen molar-refractivity contribution in [1.29, 1.82) is 0 Å². The van der Waals surface area contributed by atoms with Crippen molar-refractivity contribution in [2.24, 2.45) is 9.98 Å². The minimum Gasteiger partial charge on any atom is -1.00 e. The maximum absolute atomic E-state index is 4.84. The molecule has 34 heavy (non-hydrogen) atoms. The Labute approximate surface area is 229 Å². The van der Waals surface area contributed by atoms with Crippen LogP contribution in [0, 0.1) is 6.92 Å². The van der Waals surface area contributed by atoms with Gasteiger partial charge < -0.3 is 24.8 Å². The summed E-state index contributed by atoms with van der Waals surface area (Å²) < 4.78 is 0. The number of nitrogens with zero attached hydrogens (tertiary/aromatic N) is 3. The maximum Gasteiger partial charge on any atom is 2.00 e. The van der Waals surface area contributed by atoms with Crippen LogP contribution in [0.4, 0.5) is 11.4 Å². The monoisotopic (exact) mass is 532 g/mol. The summed E-state index contributed by atoms with van der Waals surface area (Å²) in [4.78, 5) is 14.5. The SMILES string of the molecule is CCc1cccc(CC)c1N=Cc1cc(C)cc(C=Nc2c(CC)cccc2CC)n1.[Cl-].[Cl-].[V+2]. The molecule has 1 aromatic heterocycles. The van der Waals surface area contributed by atoms with E-state index < -0.39 is 0 Å². The van der Waals surface area contributed by atoms with Crippen LogP contribution in [0.2, 0.25) is 0 Å². The van der Waals surface area contributed by atoms with Crippen molar-refractivity contribution in [3.05, 3.63) is 87.7 Å². The van der Waals surface area contributed by atoms with Crippen LogP contribution in [0.15, 0.2) is 58.5 Å². The summed E-state index contributed by atoms with van der Waals surface area (Å²) in [6.45, 7) is 10.8. The number of rotatable bonds is 8. The molecule has 1 radical (unpaired) electrons. The smallest absolute Gasteiger partial charge is 1.00 e. The topological polar surface area (TPSA) is 37.6 Å². The van der Waals surface area contributed by atoms with E-state index in [0.717, 1.165) is 54.0 Å². The van der Waals surface area contributed by atoms with Crippen LogP contribution in [-0.4, -0.2) is 17.4 Å². The van der Waals surface area contributed by atoms with E-state index in [1.54, 1.807) is 0 Å². The molecule has 0 aliphatic rings. The summed E-state index contributed by atoms with van der Waals surface area (Å²) in [5, 5.41) is 0. The number of aryl methyl sites for hydroxylation is 5. The average Bonchev–Trinajstić information content (AvgIpc) is 2.80. The normalized spacial score (nSPS) is 10.6. The van der Waals surface area contributed by atoms with Gasteiger partial charge in [-0.2, -0.15) is 0 Å². The van der Waals surface area contributed by atoms with Gasteiger partial charge in [-0.1, -0.05) is 64.1 Å². The standard InChI is InChI=1S/C28H33N3.2ClH.V/c1-6-21-12-10-13-22(7-2)27(21)29-18-25-16-20(5)17-26(31-25)19-30-28-23(8-3)14-11-15-24(28)9-4;;;/h10-19H,6-9H2,1-5H3;2*1H;/q;;;+2/p-2. The zero-order valence-corrected chi connectivity index (χ0v) is 23.6. The van der Waals surface area contributed by atoms with Crippen LogP contribution in [0.3, 0.4) is 0 Å². The molecule has 0 bridgehead atoms. The molecule has 0 fully saturated rings. The molecule has 0 unspecified atom stereocenters. The summed E-state index contributed by atoms with van der Waals surface area (Å²) in [5.41, 5.74) is 10.1. The zero-order chi connectivity index (χ0) is 22.2. The van der Waals surface area contributed by atoms with Crippen molar-refractivity contribution in [1.82, 2.24) is 4.98 Å². The molecule has 179 valence electrons. The van der Waals surface area contributed by atoms with E-state index in [2.05, 4.69) is 83.1 Å². The number of aliphatic imine (C=N–C) groups is 2. The van der Waals surface area contributed by atoms with E-state index in [0.29, 0.717) is 0 Å². The van der Waals surface area contributed by atoms with Gasteiger partial charge in [-0.05, 0) is 72.6 Å². The largest absolute Gasteiger partial charge is 2.00 e. The van der Waals surface area contributed by atoms with Gasteiger partial charge in [-0.3, -0.25) is 9.98 Å². The Morgan fingerprint density at radius 3 is 1.26 bits per heavy atom. The molecule has 0 amide bonds. The predicted octanol–water partition coefficient (Wildman–Crippen LogP) is 1.15. The van der Waals surface area contributed by atoms with Crippen molar-refractivity contribution in [2.75, 3.05) is 0 Å². The molecule has 3 nitrogen and oxygen atoms in total. The van der Waals surface area contributed by atoms with Gasteiger partial charge in [0.25, 0.3) is 0 Å². The predicted molar refractivity (Wildman–Crippen MR) is 134 cm³/mol. The van der Waals surface area contributed by atoms with Gasteiger partial charge in [0, 0.05) is 0 Å². The fourth-order valence-electron chi connectivity index (χ4n) is 3.88. The van der Waals surface area contributed by atoms with Crippen LogP contribution in [-0.2, 0) is 44.2 Å². The summed E-state index contributed by atoms with van der Waals surface area (Å²) in [7, 11) is 0. The van der Waals surface area contributed by atoms with E-state index in [1.807, 2.05) is 12.4 Å². The van der Waals surface area contributed by atoms with Crippen LogP contribution in [0.5, 0.6) is 0 Å². The van der Waals surface area contributed by atoms with Gasteiger partial charge >= 0.3 is 18.6 Å². The molecular weight excluding hydrogens is 500 g/mol. The van der Waals surface area contributed by atoms with E-state index in [4.69, 9.17) is 15.0 Å². The Morgan fingerprint density at radius 2 is 0.971 bits per heavy atom. The minimum absolute atomic E-state index is 0. The third-order valence-electron chi connectivity index (χ3n) is 5.59.